The summed E-state index contributed by atoms with van der Waals surface area (Å²) in [7, 11) is -1.80. The van der Waals surface area contributed by atoms with Gasteiger partial charge in [0.1, 0.15) is 0 Å². The van der Waals surface area contributed by atoms with Crippen molar-refractivity contribution >= 4 is 22.0 Å². The van der Waals surface area contributed by atoms with E-state index in [0.29, 0.717) is 44.4 Å². The van der Waals surface area contributed by atoms with E-state index in [-0.39, 0.29) is 24.3 Å². The summed E-state index contributed by atoms with van der Waals surface area (Å²) in [6.07, 6.45) is 32.0. The third-order valence-corrected chi connectivity index (χ3v) is 12.5. The smallest absolute Gasteiger partial charge is 0.305 e. The Bertz CT molecular complexity index is 963. The summed E-state index contributed by atoms with van der Waals surface area (Å²) >= 11 is 0. The van der Waals surface area contributed by atoms with Gasteiger partial charge in [-0.2, -0.15) is 0 Å². The van der Waals surface area contributed by atoms with E-state index in [2.05, 4.69) is 37.3 Å². The Morgan fingerprint density at radius 1 is 0.500 bits per heavy atom. The third kappa shape index (κ3) is 37.1. The van der Waals surface area contributed by atoms with Gasteiger partial charge in [-0.1, -0.05) is 156 Å². The number of rotatable bonds is 44. The summed E-state index contributed by atoms with van der Waals surface area (Å²) in [5.41, 5.74) is 0. The van der Waals surface area contributed by atoms with Crippen molar-refractivity contribution in [1.82, 2.24) is 9.62 Å². The van der Waals surface area contributed by atoms with Gasteiger partial charge in [-0.25, -0.2) is 13.1 Å². The van der Waals surface area contributed by atoms with Gasteiger partial charge in [-0.3, -0.25) is 9.59 Å². The van der Waals surface area contributed by atoms with Gasteiger partial charge >= 0.3 is 11.9 Å². The zero-order chi connectivity index (χ0) is 41.4. The molecule has 0 amide bonds. The second-order valence-corrected chi connectivity index (χ2v) is 18.4. The van der Waals surface area contributed by atoms with Crippen molar-refractivity contribution in [3.8, 4) is 0 Å². The molecule has 9 nitrogen and oxygen atoms in total. The molecule has 0 saturated carbocycles. The van der Waals surface area contributed by atoms with Gasteiger partial charge in [0.25, 0.3) is 0 Å². The van der Waals surface area contributed by atoms with Crippen molar-refractivity contribution in [2.75, 3.05) is 58.9 Å². The van der Waals surface area contributed by atoms with Crippen LogP contribution < -0.4 is 4.72 Å². The van der Waals surface area contributed by atoms with Crippen LogP contribution in [0.2, 0.25) is 0 Å². The Kier molecular flexibility index (Phi) is 39.7. The first-order valence-electron chi connectivity index (χ1n) is 23.7. The molecule has 0 heterocycles. The molecule has 56 heavy (non-hydrogen) atoms. The largest absolute Gasteiger partial charge is 0.466 e. The second-order valence-electron chi connectivity index (χ2n) is 16.5. The number of nitrogens with one attached hydrogen (secondary N) is 1. The fraction of sp³-hybridized carbons (Fsp3) is 0.957. The van der Waals surface area contributed by atoms with Crippen LogP contribution in [0.3, 0.4) is 0 Å². The molecule has 0 aromatic rings. The van der Waals surface area contributed by atoms with E-state index in [4.69, 9.17) is 14.2 Å². The topological polar surface area (TPSA) is 111 Å². The van der Waals surface area contributed by atoms with Crippen LogP contribution in [0.15, 0.2) is 0 Å². The van der Waals surface area contributed by atoms with Gasteiger partial charge in [-0.15, -0.1) is 0 Å². The minimum Gasteiger partial charge on any atom is -0.466 e. The number of esters is 2. The number of sulfonamides is 1. The molecular formula is C46H92N2O7S. The van der Waals surface area contributed by atoms with E-state index in [1.807, 2.05) is 0 Å². The molecule has 0 saturated heterocycles. The molecule has 0 bridgehead atoms. The fourth-order valence-electron chi connectivity index (χ4n) is 7.44. The van der Waals surface area contributed by atoms with E-state index in [9.17, 15) is 18.0 Å². The normalized spacial score (nSPS) is 12.0. The second kappa shape index (κ2) is 40.5. The zero-order valence-corrected chi connectivity index (χ0v) is 38.3. The molecule has 0 aliphatic carbocycles. The van der Waals surface area contributed by atoms with Gasteiger partial charge < -0.3 is 19.1 Å². The van der Waals surface area contributed by atoms with Crippen LogP contribution in [-0.2, 0) is 33.8 Å². The van der Waals surface area contributed by atoms with Crippen LogP contribution in [0.1, 0.15) is 214 Å². The molecule has 0 aliphatic heterocycles. The number of unbranched alkanes of at least 4 members (excludes halogenated alkanes) is 14. The van der Waals surface area contributed by atoms with Crippen molar-refractivity contribution in [3.05, 3.63) is 0 Å². The minimum absolute atomic E-state index is 0.0140. The zero-order valence-electron chi connectivity index (χ0n) is 37.5. The lowest BCUT2D eigenvalue weighted by molar-refractivity contribution is -0.145. The Balaban J connectivity index is 4.40. The van der Waals surface area contributed by atoms with Gasteiger partial charge in [0.05, 0.1) is 25.6 Å². The van der Waals surface area contributed by atoms with E-state index < -0.39 is 10.0 Å². The van der Waals surface area contributed by atoms with Crippen molar-refractivity contribution in [2.24, 2.45) is 11.8 Å². The van der Waals surface area contributed by atoms with Crippen LogP contribution in [0.5, 0.6) is 0 Å². The predicted octanol–water partition coefficient (Wildman–Crippen LogP) is 11.6. The van der Waals surface area contributed by atoms with E-state index in [0.717, 1.165) is 103 Å². The van der Waals surface area contributed by atoms with Gasteiger partial charge in [0, 0.05) is 26.5 Å². The molecule has 0 rings (SSSR count). The summed E-state index contributed by atoms with van der Waals surface area (Å²) in [5.74, 6) is 1.26. The first kappa shape index (κ1) is 54.8. The Morgan fingerprint density at radius 3 is 1.36 bits per heavy atom. The standard InChI is InChI=1S/C46H92N2O7S/c1-6-10-20-29-44(30-21-11-7-2)34-40-55-46(50)32-23-17-15-19-25-37-48(38-26-35-47-56(51,52)42-41-53-5)36-24-18-14-16-22-31-45(49)54-39-33-43(27-12-8-3)28-13-9-4/h43-44,47H,6-42H2,1-5H3. The van der Waals surface area contributed by atoms with E-state index >= 15 is 0 Å². The Hall–Kier alpha value is -1.23. The van der Waals surface area contributed by atoms with Crippen LogP contribution >= 0.6 is 0 Å². The Morgan fingerprint density at radius 2 is 0.911 bits per heavy atom. The Labute approximate surface area is 347 Å². The summed E-state index contributed by atoms with van der Waals surface area (Å²) < 4.78 is 43.2. The summed E-state index contributed by atoms with van der Waals surface area (Å²) in [6, 6.07) is 0. The van der Waals surface area contributed by atoms with Crippen molar-refractivity contribution < 1.29 is 32.2 Å². The number of carbonyl (C=O) groups excluding carboxylic acids is 2. The number of hydrogen-bond donors (Lipinski definition) is 1. The fourth-order valence-corrected chi connectivity index (χ4v) is 8.43. The third-order valence-electron chi connectivity index (χ3n) is 11.2. The van der Waals surface area contributed by atoms with Gasteiger partial charge in [0.2, 0.25) is 10.0 Å². The molecule has 1 N–H and O–H groups in total. The maximum Gasteiger partial charge on any atom is 0.305 e. The SMILES string of the molecule is CCCCCC(CCCCC)CCOC(=O)CCCCCCCN(CCCCCCCC(=O)OCCC(CCCC)CCCC)CCCNS(=O)(=O)CCOC. The maximum absolute atomic E-state index is 12.4. The lowest BCUT2D eigenvalue weighted by Gasteiger charge is -2.22. The monoisotopic (exact) mass is 817 g/mol. The van der Waals surface area contributed by atoms with Crippen LogP contribution in [0.4, 0.5) is 0 Å². The first-order chi connectivity index (χ1) is 27.2. The average Bonchev–Trinajstić information content (AvgIpc) is 3.18. The van der Waals surface area contributed by atoms with Crippen LogP contribution in [0, 0.1) is 11.8 Å². The lowest BCUT2D eigenvalue weighted by atomic mass is 9.92. The number of methoxy groups -OCH3 is 1. The highest BCUT2D eigenvalue weighted by molar-refractivity contribution is 7.89. The van der Waals surface area contributed by atoms with Crippen molar-refractivity contribution in [3.63, 3.8) is 0 Å². The highest BCUT2D eigenvalue weighted by Gasteiger charge is 2.13. The van der Waals surface area contributed by atoms with Gasteiger partial charge in [-0.05, 0) is 76.4 Å². The van der Waals surface area contributed by atoms with Crippen molar-refractivity contribution in [2.45, 2.75) is 214 Å². The molecule has 0 unspecified atom stereocenters. The summed E-state index contributed by atoms with van der Waals surface area (Å²) in [6.45, 7) is 13.6. The highest BCUT2D eigenvalue weighted by atomic mass is 32.2. The summed E-state index contributed by atoms with van der Waals surface area (Å²) in [5, 5.41) is 0. The predicted molar refractivity (Wildman–Crippen MR) is 236 cm³/mol. The number of ether oxygens (including phenoxy) is 3. The average molecular weight is 817 g/mol. The molecule has 0 fully saturated rings. The maximum atomic E-state index is 12.4. The van der Waals surface area contributed by atoms with E-state index in [1.54, 1.807) is 0 Å². The van der Waals surface area contributed by atoms with E-state index in [1.165, 1.54) is 97.0 Å². The molecule has 0 spiro atoms. The van der Waals surface area contributed by atoms with Crippen molar-refractivity contribution in [1.29, 1.82) is 0 Å². The van der Waals surface area contributed by atoms with Crippen LogP contribution in [-0.4, -0.2) is 84.1 Å². The molecule has 10 heteroatoms. The van der Waals surface area contributed by atoms with Crippen LogP contribution in [0.25, 0.3) is 0 Å². The lowest BCUT2D eigenvalue weighted by Crippen LogP contribution is -2.33. The highest BCUT2D eigenvalue weighted by Crippen LogP contribution is 2.22. The minimum atomic E-state index is -3.31. The molecule has 0 atom stereocenters. The molecule has 0 radical (unpaired) electrons. The molecule has 334 valence electrons. The van der Waals surface area contributed by atoms with Gasteiger partial charge in [0.15, 0.2) is 0 Å². The molecular weight excluding hydrogens is 725 g/mol. The number of hydrogen-bond acceptors (Lipinski definition) is 8. The first-order valence-corrected chi connectivity index (χ1v) is 25.4. The molecule has 0 aromatic heterocycles. The quantitative estimate of drug-likeness (QED) is 0.0478. The molecule has 0 aliphatic rings. The summed E-state index contributed by atoms with van der Waals surface area (Å²) in [4.78, 5) is 27.2. The number of carbonyl (C=O) groups is 2. The molecule has 0 aromatic carbocycles. The number of nitrogens with zero attached hydrogens (tertiary/aromatic N) is 1.